The minimum atomic E-state index is -0.0114. The molecule has 0 spiro atoms. The van der Waals surface area contributed by atoms with Crippen molar-refractivity contribution in [2.45, 2.75) is 25.2 Å². The van der Waals surface area contributed by atoms with Crippen LogP contribution >= 0.6 is 0 Å². The van der Waals surface area contributed by atoms with Gasteiger partial charge in [-0.1, -0.05) is 23.4 Å². The first-order chi connectivity index (χ1) is 8.27. The molecule has 0 fully saturated rings. The maximum absolute atomic E-state index is 11.4. The van der Waals surface area contributed by atoms with Gasteiger partial charge in [0.2, 0.25) is 0 Å². The van der Waals surface area contributed by atoms with Crippen LogP contribution in [0.25, 0.3) is 0 Å². The lowest BCUT2D eigenvalue weighted by atomic mass is 9.84. The summed E-state index contributed by atoms with van der Waals surface area (Å²) in [6.45, 7) is 0. The Bertz CT molecular complexity index is 550. The molecule has 0 aliphatic heterocycles. The predicted octanol–water partition coefficient (Wildman–Crippen LogP) is 1.80. The lowest BCUT2D eigenvalue weighted by molar-refractivity contribution is 0.458. The molecule has 1 unspecified atom stereocenters. The molecular weight excluding hydrogens is 218 g/mol. The summed E-state index contributed by atoms with van der Waals surface area (Å²) in [6, 6.07) is 7.20. The van der Waals surface area contributed by atoms with Gasteiger partial charge in [-0.15, -0.1) is 5.10 Å². The summed E-state index contributed by atoms with van der Waals surface area (Å²) in [5, 5.41) is 28.7. The lowest BCUT2D eigenvalue weighted by Crippen LogP contribution is -2.12. The van der Waals surface area contributed by atoms with Crippen LogP contribution < -0.4 is 0 Å². The number of nitrogens with zero attached hydrogens (tertiary/aromatic N) is 3. The van der Waals surface area contributed by atoms with Crippen molar-refractivity contribution in [2.24, 2.45) is 0 Å². The Morgan fingerprint density at radius 1 is 1.35 bits per heavy atom. The number of aromatic hydroxyl groups is 1. The van der Waals surface area contributed by atoms with Crippen LogP contribution in [0.3, 0.4) is 0 Å². The fourth-order valence-corrected chi connectivity index (χ4v) is 2.49. The Morgan fingerprint density at radius 2 is 2.18 bits per heavy atom. The summed E-state index contributed by atoms with van der Waals surface area (Å²) < 4.78 is 0. The maximum Gasteiger partial charge on any atom is 0.119 e. The largest absolute Gasteiger partial charge is 0.789 e. The minimum absolute atomic E-state index is 0.0114. The zero-order valence-electron chi connectivity index (χ0n) is 9.21. The molecule has 88 valence electrons. The molecule has 0 saturated carbocycles. The molecule has 2 aromatic rings. The molecule has 3 rings (SSSR count). The van der Waals surface area contributed by atoms with Crippen molar-refractivity contribution in [2.75, 3.05) is 0 Å². The Balaban J connectivity index is 2.09. The van der Waals surface area contributed by atoms with Crippen molar-refractivity contribution in [3.05, 3.63) is 46.4 Å². The molecular formula is C12H12N3O2-. The summed E-state index contributed by atoms with van der Waals surface area (Å²) in [7, 11) is 0. The van der Waals surface area contributed by atoms with Crippen LogP contribution in [-0.2, 0) is 6.42 Å². The quantitative estimate of drug-likeness (QED) is 0.810. The van der Waals surface area contributed by atoms with Gasteiger partial charge in [-0.05, 0) is 25.3 Å². The van der Waals surface area contributed by atoms with Crippen LogP contribution in [-0.4, -0.2) is 20.3 Å². The summed E-state index contributed by atoms with van der Waals surface area (Å²) in [4.78, 5) is 0.599. The van der Waals surface area contributed by atoms with E-state index in [4.69, 9.17) is 0 Å². The fourth-order valence-electron chi connectivity index (χ4n) is 2.49. The first-order valence-electron chi connectivity index (χ1n) is 5.67. The lowest BCUT2D eigenvalue weighted by Gasteiger charge is -2.23. The van der Waals surface area contributed by atoms with Crippen molar-refractivity contribution in [3.63, 3.8) is 0 Å². The van der Waals surface area contributed by atoms with Crippen molar-refractivity contribution in [1.82, 2.24) is 15.2 Å². The zero-order chi connectivity index (χ0) is 11.8. The van der Waals surface area contributed by atoms with Gasteiger partial charge >= 0.3 is 0 Å². The molecule has 1 heterocycles. The van der Waals surface area contributed by atoms with Gasteiger partial charge in [0, 0.05) is 11.5 Å². The van der Waals surface area contributed by atoms with Crippen LogP contribution in [0.5, 0.6) is 5.75 Å². The molecule has 5 heteroatoms. The van der Waals surface area contributed by atoms with E-state index in [-0.39, 0.29) is 11.7 Å². The smallest absolute Gasteiger partial charge is 0.119 e. The van der Waals surface area contributed by atoms with Crippen LogP contribution in [0.15, 0.2) is 24.3 Å². The van der Waals surface area contributed by atoms with E-state index < -0.39 is 0 Å². The second kappa shape index (κ2) is 3.76. The maximum atomic E-state index is 11.4. The molecule has 0 bridgehead atoms. The van der Waals surface area contributed by atoms with Crippen molar-refractivity contribution in [1.29, 1.82) is 0 Å². The number of hydrogen-bond donors (Lipinski definition) is 1. The van der Waals surface area contributed by atoms with Gasteiger partial charge in [0.15, 0.2) is 0 Å². The molecule has 1 aliphatic rings. The van der Waals surface area contributed by atoms with E-state index in [1.165, 1.54) is 0 Å². The molecule has 1 aromatic heterocycles. The number of phenols is 1. The number of fused-ring (bicyclic) bond motifs is 1. The van der Waals surface area contributed by atoms with E-state index >= 15 is 0 Å². The van der Waals surface area contributed by atoms with Gasteiger partial charge in [-0.2, -0.15) is 0 Å². The molecule has 1 atom stereocenters. The van der Waals surface area contributed by atoms with Gasteiger partial charge in [-0.25, -0.2) is 0 Å². The third-order valence-corrected chi connectivity index (χ3v) is 3.31. The molecule has 0 saturated heterocycles. The van der Waals surface area contributed by atoms with Gasteiger partial charge in [-0.3, -0.25) is 4.85 Å². The Labute approximate surface area is 98.3 Å². The topological polar surface area (TPSA) is 74.0 Å². The van der Waals surface area contributed by atoms with E-state index in [0.717, 1.165) is 24.8 Å². The number of benzene rings is 1. The number of hydrogen-bond acceptors (Lipinski definition) is 4. The van der Waals surface area contributed by atoms with E-state index in [9.17, 15) is 10.3 Å². The highest BCUT2D eigenvalue weighted by Gasteiger charge is 2.27. The Morgan fingerprint density at radius 3 is 3.00 bits per heavy atom. The van der Waals surface area contributed by atoms with Gasteiger partial charge in [0.25, 0.3) is 0 Å². The highest BCUT2D eigenvalue weighted by Crippen LogP contribution is 2.38. The standard InChI is InChI=1S/C12H12N3O2/c16-11-7-2-1-4-8(11)9-5-3-6-10-12(9)13-14-15(10)17/h1-2,4,7,9,16H,3,5-6H2/q-1. The van der Waals surface area contributed by atoms with Crippen molar-refractivity contribution < 1.29 is 5.11 Å². The SMILES string of the molecule is [O-]n1nnc2c1CCCC2c1ccccc1O. The van der Waals surface area contributed by atoms with Crippen LogP contribution in [0.4, 0.5) is 0 Å². The first kappa shape index (κ1) is 10.1. The average Bonchev–Trinajstić information content (AvgIpc) is 2.72. The Kier molecular flexibility index (Phi) is 2.24. The van der Waals surface area contributed by atoms with E-state index in [1.54, 1.807) is 12.1 Å². The van der Waals surface area contributed by atoms with Crippen molar-refractivity contribution in [3.8, 4) is 5.75 Å². The molecule has 5 nitrogen and oxygen atoms in total. The van der Waals surface area contributed by atoms with E-state index in [2.05, 4.69) is 10.3 Å². The highest BCUT2D eigenvalue weighted by molar-refractivity contribution is 5.41. The van der Waals surface area contributed by atoms with Gasteiger partial charge in [0.05, 0.1) is 11.4 Å². The normalized spacial score (nSPS) is 18.9. The minimum Gasteiger partial charge on any atom is -0.789 e. The van der Waals surface area contributed by atoms with Gasteiger partial charge < -0.3 is 10.3 Å². The number of phenolic OH excluding ortho intramolecular Hbond substituents is 1. The molecule has 0 radical (unpaired) electrons. The summed E-state index contributed by atoms with van der Waals surface area (Å²) in [5.74, 6) is 0.244. The molecule has 17 heavy (non-hydrogen) atoms. The van der Waals surface area contributed by atoms with Crippen LogP contribution in [0.1, 0.15) is 35.7 Å². The summed E-state index contributed by atoms with van der Waals surface area (Å²) in [6.07, 6.45) is 2.53. The molecule has 1 aromatic carbocycles. The fraction of sp³-hybridized carbons (Fsp3) is 0.333. The second-order valence-corrected chi connectivity index (χ2v) is 4.30. The summed E-state index contributed by atoms with van der Waals surface area (Å²) >= 11 is 0. The number of rotatable bonds is 1. The Hall–Kier alpha value is -2.04. The van der Waals surface area contributed by atoms with E-state index in [1.807, 2.05) is 12.1 Å². The third kappa shape index (κ3) is 1.54. The van der Waals surface area contributed by atoms with Crippen molar-refractivity contribution >= 4 is 0 Å². The number of para-hydroxylation sites is 1. The van der Waals surface area contributed by atoms with Crippen LogP contribution in [0.2, 0.25) is 0 Å². The van der Waals surface area contributed by atoms with E-state index in [0.29, 0.717) is 16.2 Å². The van der Waals surface area contributed by atoms with Gasteiger partial charge in [0.1, 0.15) is 5.75 Å². The predicted molar refractivity (Wildman–Crippen MR) is 61.7 cm³/mol. The monoisotopic (exact) mass is 230 g/mol. The molecule has 1 aliphatic carbocycles. The van der Waals surface area contributed by atoms with Crippen LogP contribution in [0, 0.1) is 5.21 Å². The second-order valence-electron chi connectivity index (χ2n) is 4.30. The third-order valence-electron chi connectivity index (χ3n) is 3.31. The average molecular weight is 230 g/mol. The highest BCUT2D eigenvalue weighted by atomic mass is 16.5. The zero-order valence-corrected chi connectivity index (χ0v) is 9.21. The summed E-state index contributed by atoms with van der Waals surface area (Å²) in [5.41, 5.74) is 2.19. The number of aromatic nitrogens is 3. The molecule has 0 amide bonds. The first-order valence-corrected chi connectivity index (χ1v) is 5.67. The molecule has 1 N–H and O–H groups in total.